The van der Waals surface area contributed by atoms with Crippen LogP contribution in [0.2, 0.25) is 0 Å². The van der Waals surface area contributed by atoms with Crippen LogP contribution in [0.4, 0.5) is 0 Å². The summed E-state index contributed by atoms with van der Waals surface area (Å²) in [5.41, 5.74) is 1.99. The predicted molar refractivity (Wildman–Crippen MR) is 73.7 cm³/mol. The number of benzene rings is 1. The molecule has 1 amide bonds. The van der Waals surface area contributed by atoms with Crippen molar-refractivity contribution in [3.63, 3.8) is 0 Å². The lowest BCUT2D eigenvalue weighted by molar-refractivity contribution is -0.125. The summed E-state index contributed by atoms with van der Waals surface area (Å²) in [6, 6.07) is 8.04. The molecule has 0 saturated heterocycles. The molecule has 0 atom stereocenters. The van der Waals surface area contributed by atoms with Gasteiger partial charge in [-0.3, -0.25) is 9.48 Å². The minimum absolute atomic E-state index is 0.100. The first kappa shape index (κ1) is 13.5. The Bertz CT molecular complexity index is 563. The van der Waals surface area contributed by atoms with Gasteiger partial charge in [0.15, 0.2) is 0 Å². The molecule has 2 aromatic rings. The van der Waals surface area contributed by atoms with Gasteiger partial charge in [0.1, 0.15) is 6.61 Å². The normalized spacial score (nSPS) is 10.8. The molecule has 5 heteroatoms. The zero-order chi connectivity index (χ0) is 13.7. The highest BCUT2D eigenvalue weighted by molar-refractivity contribution is 5.83. The van der Waals surface area contributed by atoms with Gasteiger partial charge in [-0.05, 0) is 19.9 Å². The maximum absolute atomic E-state index is 11.5. The van der Waals surface area contributed by atoms with E-state index in [1.807, 2.05) is 35.9 Å². The second kappa shape index (κ2) is 6.33. The average molecular weight is 261 g/mol. The molecule has 1 aromatic heterocycles. The highest BCUT2D eigenvalue weighted by atomic mass is 16.5. The lowest BCUT2D eigenvalue weighted by Gasteiger charge is -2.03. The fourth-order valence-electron chi connectivity index (χ4n) is 2.00. The van der Waals surface area contributed by atoms with Gasteiger partial charge in [-0.1, -0.05) is 18.2 Å². The van der Waals surface area contributed by atoms with Crippen LogP contribution < -0.4 is 5.32 Å². The fourth-order valence-corrected chi connectivity index (χ4v) is 2.00. The molecule has 0 aliphatic rings. The van der Waals surface area contributed by atoms with Crippen LogP contribution in [-0.4, -0.2) is 28.9 Å². The SMILES string of the molecule is CCOCC(=O)NCc1nn(CC)c2ccccc12. The first-order valence-corrected chi connectivity index (χ1v) is 6.55. The van der Waals surface area contributed by atoms with Crippen LogP contribution >= 0.6 is 0 Å². The number of rotatable bonds is 6. The molecule has 0 aliphatic heterocycles. The number of aromatic nitrogens is 2. The number of ether oxygens (including phenoxy) is 1. The molecule has 0 spiro atoms. The number of para-hydroxylation sites is 1. The third-order valence-corrected chi connectivity index (χ3v) is 2.92. The number of carbonyl (C=O) groups is 1. The highest BCUT2D eigenvalue weighted by Crippen LogP contribution is 2.18. The van der Waals surface area contributed by atoms with Crippen molar-refractivity contribution in [2.45, 2.75) is 26.9 Å². The van der Waals surface area contributed by atoms with Crippen LogP contribution in [0.25, 0.3) is 10.9 Å². The molecule has 2 rings (SSSR count). The summed E-state index contributed by atoms with van der Waals surface area (Å²) >= 11 is 0. The molecule has 1 aromatic carbocycles. The number of hydrogen-bond acceptors (Lipinski definition) is 3. The van der Waals surface area contributed by atoms with Gasteiger partial charge in [-0.15, -0.1) is 0 Å². The molecule has 1 heterocycles. The quantitative estimate of drug-likeness (QED) is 0.861. The van der Waals surface area contributed by atoms with Crippen molar-refractivity contribution in [3.05, 3.63) is 30.0 Å². The molecule has 1 N–H and O–H groups in total. The van der Waals surface area contributed by atoms with Crippen LogP contribution in [0.3, 0.4) is 0 Å². The summed E-state index contributed by atoms with van der Waals surface area (Å²) < 4.78 is 7.00. The van der Waals surface area contributed by atoms with Gasteiger partial charge in [0.2, 0.25) is 5.91 Å². The number of amides is 1. The van der Waals surface area contributed by atoms with Gasteiger partial charge >= 0.3 is 0 Å². The number of fused-ring (bicyclic) bond motifs is 1. The highest BCUT2D eigenvalue weighted by Gasteiger charge is 2.10. The monoisotopic (exact) mass is 261 g/mol. The van der Waals surface area contributed by atoms with Gasteiger partial charge in [-0.25, -0.2) is 0 Å². The third-order valence-electron chi connectivity index (χ3n) is 2.92. The van der Waals surface area contributed by atoms with Crippen molar-refractivity contribution in [2.75, 3.05) is 13.2 Å². The van der Waals surface area contributed by atoms with E-state index < -0.39 is 0 Å². The summed E-state index contributed by atoms with van der Waals surface area (Å²) in [7, 11) is 0. The van der Waals surface area contributed by atoms with Crippen LogP contribution in [-0.2, 0) is 22.6 Å². The van der Waals surface area contributed by atoms with Crippen LogP contribution in [0.1, 0.15) is 19.5 Å². The maximum atomic E-state index is 11.5. The Morgan fingerprint density at radius 1 is 1.37 bits per heavy atom. The van der Waals surface area contributed by atoms with Gasteiger partial charge < -0.3 is 10.1 Å². The molecule has 0 aliphatic carbocycles. The summed E-state index contributed by atoms with van der Waals surface area (Å²) in [6.07, 6.45) is 0. The Kier molecular flexibility index (Phi) is 4.52. The molecule has 5 nitrogen and oxygen atoms in total. The molecule has 0 bridgehead atoms. The number of nitrogens with zero attached hydrogens (tertiary/aromatic N) is 2. The van der Waals surface area contributed by atoms with E-state index >= 15 is 0 Å². The lowest BCUT2D eigenvalue weighted by atomic mass is 10.2. The topological polar surface area (TPSA) is 56.1 Å². The molecule has 0 radical (unpaired) electrons. The Morgan fingerprint density at radius 3 is 2.89 bits per heavy atom. The van der Waals surface area contributed by atoms with Crippen molar-refractivity contribution in [3.8, 4) is 0 Å². The van der Waals surface area contributed by atoms with E-state index in [0.29, 0.717) is 13.2 Å². The first-order chi connectivity index (χ1) is 9.26. The van der Waals surface area contributed by atoms with Crippen molar-refractivity contribution in [1.82, 2.24) is 15.1 Å². The summed E-state index contributed by atoms with van der Waals surface area (Å²) in [6.45, 7) is 5.80. The van der Waals surface area contributed by atoms with Gasteiger partial charge in [0.25, 0.3) is 0 Å². The zero-order valence-electron chi connectivity index (χ0n) is 11.3. The number of nitrogens with one attached hydrogen (secondary N) is 1. The Balaban J connectivity index is 2.10. The smallest absolute Gasteiger partial charge is 0.246 e. The van der Waals surface area contributed by atoms with Crippen molar-refractivity contribution in [1.29, 1.82) is 0 Å². The number of aryl methyl sites for hydroxylation is 1. The van der Waals surface area contributed by atoms with E-state index in [0.717, 1.165) is 23.1 Å². The van der Waals surface area contributed by atoms with E-state index in [1.54, 1.807) is 0 Å². The summed E-state index contributed by atoms with van der Waals surface area (Å²) in [5, 5.41) is 8.43. The molecular weight excluding hydrogens is 242 g/mol. The second-order valence-corrected chi connectivity index (χ2v) is 4.19. The molecule has 102 valence electrons. The van der Waals surface area contributed by atoms with E-state index in [4.69, 9.17) is 4.74 Å². The van der Waals surface area contributed by atoms with Crippen molar-refractivity contribution in [2.24, 2.45) is 0 Å². The first-order valence-electron chi connectivity index (χ1n) is 6.55. The van der Waals surface area contributed by atoms with E-state index in [9.17, 15) is 4.79 Å². The molecule has 0 saturated carbocycles. The Hall–Kier alpha value is -1.88. The van der Waals surface area contributed by atoms with Crippen LogP contribution in [0.5, 0.6) is 0 Å². The van der Waals surface area contributed by atoms with Crippen LogP contribution in [0, 0.1) is 0 Å². The van der Waals surface area contributed by atoms with Crippen LogP contribution in [0.15, 0.2) is 24.3 Å². The van der Waals surface area contributed by atoms with Crippen molar-refractivity contribution < 1.29 is 9.53 Å². The zero-order valence-corrected chi connectivity index (χ0v) is 11.3. The standard InChI is InChI=1S/C14H19N3O2/c1-3-17-13-8-6-5-7-11(13)12(16-17)9-15-14(18)10-19-4-2/h5-8H,3-4,9-10H2,1-2H3,(H,15,18). The molecular formula is C14H19N3O2. The van der Waals surface area contributed by atoms with Gasteiger partial charge in [0, 0.05) is 18.5 Å². The van der Waals surface area contributed by atoms with Gasteiger partial charge in [-0.2, -0.15) is 5.10 Å². The Labute approximate surface area is 112 Å². The third kappa shape index (κ3) is 3.12. The van der Waals surface area contributed by atoms with Crippen molar-refractivity contribution >= 4 is 16.8 Å². The lowest BCUT2D eigenvalue weighted by Crippen LogP contribution is -2.27. The van der Waals surface area contributed by atoms with E-state index in [2.05, 4.69) is 17.3 Å². The second-order valence-electron chi connectivity index (χ2n) is 4.19. The van der Waals surface area contributed by atoms with E-state index in [1.165, 1.54) is 0 Å². The molecule has 0 unspecified atom stereocenters. The number of carbonyl (C=O) groups excluding carboxylic acids is 1. The maximum Gasteiger partial charge on any atom is 0.246 e. The molecule has 0 fully saturated rings. The minimum atomic E-state index is -0.114. The summed E-state index contributed by atoms with van der Waals surface area (Å²) in [5.74, 6) is -0.114. The van der Waals surface area contributed by atoms with Gasteiger partial charge in [0.05, 0.1) is 17.8 Å². The summed E-state index contributed by atoms with van der Waals surface area (Å²) in [4.78, 5) is 11.5. The minimum Gasteiger partial charge on any atom is -0.372 e. The largest absolute Gasteiger partial charge is 0.372 e. The average Bonchev–Trinajstić information content (AvgIpc) is 2.81. The molecule has 19 heavy (non-hydrogen) atoms. The van der Waals surface area contributed by atoms with E-state index in [-0.39, 0.29) is 12.5 Å². The predicted octanol–water partition coefficient (Wildman–Crippen LogP) is 1.71. The number of hydrogen-bond donors (Lipinski definition) is 1. The fraction of sp³-hybridized carbons (Fsp3) is 0.429. The Morgan fingerprint density at radius 2 is 2.16 bits per heavy atom.